The molecule has 2 rings (SSSR count). The lowest BCUT2D eigenvalue weighted by molar-refractivity contribution is 0.0963. The van der Waals surface area contributed by atoms with Crippen LogP contribution in [0.3, 0.4) is 0 Å². The number of aryl methyl sites for hydroxylation is 1. The van der Waals surface area contributed by atoms with Gasteiger partial charge in [0, 0.05) is 30.9 Å². The maximum absolute atomic E-state index is 11.5. The molecule has 0 aliphatic carbocycles. The van der Waals surface area contributed by atoms with Crippen molar-refractivity contribution in [1.29, 1.82) is 0 Å². The molecule has 18 heavy (non-hydrogen) atoms. The first kappa shape index (κ1) is 12.9. The second kappa shape index (κ2) is 5.40. The maximum Gasteiger partial charge on any atom is 0.251 e. The van der Waals surface area contributed by atoms with Crippen LogP contribution < -0.4 is 10.6 Å². The highest BCUT2D eigenvalue weighted by atomic mass is 16.1. The van der Waals surface area contributed by atoms with Gasteiger partial charge in [-0.15, -0.1) is 0 Å². The number of hydrogen-bond donors (Lipinski definition) is 2. The number of nitrogens with zero attached hydrogens (tertiary/aromatic N) is 1. The van der Waals surface area contributed by atoms with Crippen LogP contribution in [-0.4, -0.2) is 44.0 Å². The molecule has 1 heterocycles. The van der Waals surface area contributed by atoms with Crippen LogP contribution in [-0.2, 0) is 0 Å². The van der Waals surface area contributed by atoms with Crippen LogP contribution in [0.5, 0.6) is 0 Å². The van der Waals surface area contributed by atoms with Gasteiger partial charge in [0.1, 0.15) is 0 Å². The van der Waals surface area contributed by atoms with Crippen molar-refractivity contribution in [1.82, 2.24) is 10.2 Å². The Balaban J connectivity index is 2.08. The average Bonchev–Trinajstić information content (AvgIpc) is 2.76. The van der Waals surface area contributed by atoms with E-state index in [2.05, 4.69) is 22.6 Å². The minimum absolute atomic E-state index is 0.0368. The highest BCUT2D eigenvalue weighted by Gasteiger charge is 2.19. The number of benzene rings is 1. The van der Waals surface area contributed by atoms with Crippen molar-refractivity contribution in [2.45, 2.75) is 19.4 Å². The summed E-state index contributed by atoms with van der Waals surface area (Å²) in [6.07, 6.45) is 1.17. The lowest BCUT2D eigenvalue weighted by atomic mass is 10.1. The van der Waals surface area contributed by atoms with Gasteiger partial charge >= 0.3 is 0 Å². The molecule has 1 atom stereocenters. The molecule has 1 amide bonds. The zero-order chi connectivity index (χ0) is 13.1. The van der Waals surface area contributed by atoms with E-state index in [1.54, 1.807) is 7.05 Å². The van der Waals surface area contributed by atoms with E-state index in [0.29, 0.717) is 11.6 Å². The molecular weight excluding hydrogens is 226 g/mol. The number of nitrogens with one attached hydrogen (secondary N) is 2. The van der Waals surface area contributed by atoms with Crippen LogP contribution in [0, 0.1) is 6.92 Å². The van der Waals surface area contributed by atoms with Gasteiger partial charge in [-0.3, -0.25) is 4.79 Å². The topological polar surface area (TPSA) is 44.4 Å². The van der Waals surface area contributed by atoms with Gasteiger partial charge in [0.15, 0.2) is 0 Å². The highest BCUT2D eigenvalue weighted by Crippen LogP contribution is 2.20. The second-order valence-electron chi connectivity index (χ2n) is 5.00. The van der Waals surface area contributed by atoms with E-state index in [9.17, 15) is 4.79 Å². The van der Waals surface area contributed by atoms with Crippen LogP contribution >= 0.6 is 0 Å². The minimum Gasteiger partial charge on any atom is -0.381 e. The number of carbonyl (C=O) groups is 1. The summed E-state index contributed by atoms with van der Waals surface area (Å²) < 4.78 is 0. The molecule has 1 saturated heterocycles. The predicted molar refractivity (Wildman–Crippen MR) is 74.1 cm³/mol. The van der Waals surface area contributed by atoms with E-state index in [1.807, 2.05) is 25.1 Å². The van der Waals surface area contributed by atoms with Crippen LogP contribution in [0.15, 0.2) is 18.2 Å². The Morgan fingerprint density at radius 3 is 2.78 bits per heavy atom. The summed E-state index contributed by atoms with van der Waals surface area (Å²) in [6, 6.07) is 6.31. The number of hydrogen-bond acceptors (Lipinski definition) is 3. The van der Waals surface area contributed by atoms with Crippen LogP contribution in [0.1, 0.15) is 22.3 Å². The molecule has 0 aromatic heterocycles. The van der Waals surface area contributed by atoms with Gasteiger partial charge in [0.25, 0.3) is 5.91 Å². The smallest absolute Gasteiger partial charge is 0.251 e. The molecule has 4 heteroatoms. The number of anilines is 1. The number of rotatable bonds is 3. The van der Waals surface area contributed by atoms with E-state index >= 15 is 0 Å². The fourth-order valence-electron chi connectivity index (χ4n) is 2.38. The summed E-state index contributed by atoms with van der Waals surface area (Å²) in [5.74, 6) is -0.0368. The molecule has 4 nitrogen and oxygen atoms in total. The molecule has 1 aliphatic rings. The molecule has 1 aromatic rings. The van der Waals surface area contributed by atoms with Gasteiger partial charge in [-0.1, -0.05) is 0 Å². The molecule has 98 valence electrons. The van der Waals surface area contributed by atoms with Crippen LogP contribution in [0.2, 0.25) is 0 Å². The second-order valence-corrected chi connectivity index (χ2v) is 5.00. The van der Waals surface area contributed by atoms with Crippen LogP contribution in [0.4, 0.5) is 5.69 Å². The molecule has 1 aliphatic heterocycles. The van der Waals surface area contributed by atoms with Crippen molar-refractivity contribution >= 4 is 11.6 Å². The molecule has 0 bridgehead atoms. The van der Waals surface area contributed by atoms with E-state index in [1.165, 1.54) is 6.42 Å². The fourth-order valence-corrected chi connectivity index (χ4v) is 2.38. The van der Waals surface area contributed by atoms with Gasteiger partial charge in [-0.25, -0.2) is 0 Å². The number of likely N-dealkylation sites (N-methyl/N-ethyl adjacent to an activating group) is 1. The van der Waals surface area contributed by atoms with E-state index in [0.717, 1.165) is 24.3 Å². The highest BCUT2D eigenvalue weighted by molar-refractivity contribution is 5.94. The Morgan fingerprint density at radius 1 is 1.44 bits per heavy atom. The predicted octanol–water partition coefficient (Wildman–Crippen LogP) is 1.47. The Kier molecular flexibility index (Phi) is 3.87. The van der Waals surface area contributed by atoms with E-state index < -0.39 is 0 Å². The first-order valence-electron chi connectivity index (χ1n) is 6.38. The molecule has 0 saturated carbocycles. The number of likely N-dealkylation sites (tertiary alicyclic amines) is 1. The quantitative estimate of drug-likeness (QED) is 0.850. The first-order chi connectivity index (χ1) is 8.60. The molecule has 1 unspecified atom stereocenters. The maximum atomic E-state index is 11.5. The van der Waals surface area contributed by atoms with Crippen molar-refractivity contribution < 1.29 is 4.79 Å². The lowest BCUT2D eigenvalue weighted by Gasteiger charge is -2.16. The zero-order valence-electron chi connectivity index (χ0n) is 11.3. The molecule has 1 aromatic carbocycles. The summed E-state index contributed by atoms with van der Waals surface area (Å²) in [4.78, 5) is 13.9. The van der Waals surface area contributed by atoms with Gasteiger partial charge in [0.2, 0.25) is 0 Å². The SMILES string of the molecule is CNC(=O)c1ccc(NC2CCN(C)C2)c(C)c1. The molecular formula is C14H21N3O. The summed E-state index contributed by atoms with van der Waals surface area (Å²) in [5.41, 5.74) is 2.96. The Bertz CT molecular complexity index is 445. The minimum atomic E-state index is -0.0368. The van der Waals surface area contributed by atoms with Gasteiger partial charge in [-0.05, 0) is 50.7 Å². The van der Waals surface area contributed by atoms with Gasteiger partial charge in [-0.2, -0.15) is 0 Å². The summed E-state index contributed by atoms with van der Waals surface area (Å²) in [6.45, 7) is 4.26. The van der Waals surface area contributed by atoms with Crippen molar-refractivity contribution in [3.63, 3.8) is 0 Å². The summed E-state index contributed by atoms with van der Waals surface area (Å²) in [5, 5.41) is 6.19. The third kappa shape index (κ3) is 2.82. The van der Waals surface area contributed by atoms with Crippen molar-refractivity contribution in [2.24, 2.45) is 0 Å². The largest absolute Gasteiger partial charge is 0.381 e. The van der Waals surface area contributed by atoms with E-state index in [-0.39, 0.29) is 5.91 Å². The Morgan fingerprint density at radius 2 is 2.22 bits per heavy atom. The molecule has 0 spiro atoms. The molecule has 2 N–H and O–H groups in total. The molecule has 0 radical (unpaired) electrons. The summed E-state index contributed by atoms with van der Waals surface area (Å²) >= 11 is 0. The monoisotopic (exact) mass is 247 g/mol. The summed E-state index contributed by atoms with van der Waals surface area (Å²) in [7, 11) is 3.79. The van der Waals surface area contributed by atoms with Crippen LogP contribution in [0.25, 0.3) is 0 Å². The molecule has 1 fully saturated rings. The Hall–Kier alpha value is -1.55. The number of carbonyl (C=O) groups excluding carboxylic acids is 1. The fraction of sp³-hybridized carbons (Fsp3) is 0.500. The third-order valence-corrected chi connectivity index (χ3v) is 3.47. The van der Waals surface area contributed by atoms with Crippen molar-refractivity contribution in [3.8, 4) is 0 Å². The zero-order valence-corrected chi connectivity index (χ0v) is 11.3. The average molecular weight is 247 g/mol. The lowest BCUT2D eigenvalue weighted by Crippen LogP contribution is -2.24. The first-order valence-corrected chi connectivity index (χ1v) is 6.38. The standard InChI is InChI=1S/C14H21N3O/c1-10-8-11(14(18)15-2)4-5-13(10)16-12-6-7-17(3)9-12/h4-5,8,12,16H,6-7,9H2,1-3H3,(H,15,18). The third-order valence-electron chi connectivity index (χ3n) is 3.47. The van der Waals surface area contributed by atoms with E-state index in [4.69, 9.17) is 0 Å². The van der Waals surface area contributed by atoms with Gasteiger partial charge in [0.05, 0.1) is 0 Å². The number of amides is 1. The Labute approximate surface area is 108 Å². The van der Waals surface area contributed by atoms with Crippen molar-refractivity contribution in [3.05, 3.63) is 29.3 Å². The van der Waals surface area contributed by atoms with Gasteiger partial charge < -0.3 is 15.5 Å². The van der Waals surface area contributed by atoms with Crippen molar-refractivity contribution in [2.75, 3.05) is 32.5 Å². The normalized spacial score (nSPS) is 19.8.